The normalized spacial score (nSPS) is 12.0. The second-order valence-electron chi connectivity index (χ2n) is 5.03. The molecule has 0 radical (unpaired) electrons. The van der Waals surface area contributed by atoms with E-state index in [2.05, 4.69) is 20.6 Å². The van der Waals surface area contributed by atoms with Gasteiger partial charge in [0, 0.05) is 19.5 Å². The van der Waals surface area contributed by atoms with E-state index < -0.39 is 0 Å². The maximum Gasteiger partial charge on any atom is 0.132 e. The van der Waals surface area contributed by atoms with Crippen LogP contribution in [0.3, 0.4) is 0 Å². The quantitative estimate of drug-likeness (QED) is 0.880. The number of nitrogens with zero attached hydrogens (tertiary/aromatic N) is 2. The number of anilines is 2. The Hall–Kier alpha value is -2.17. The van der Waals surface area contributed by atoms with Crippen molar-refractivity contribution < 1.29 is 4.39 Å². The average Bonchev–Trinajstić information content (AvgIpc) is 2.49. The zero-order chi connectivity index (χ0) is 15.4. The minimum atomic E-state index is -0.186. The Bertz CT molecular complexity index is 605. The van der Waals surface area contributed by atoms with E-state index in [9.17, 15) is 4.39 Å². The molecule has 4 nitrogen and oxygen atoms in total. The predicted molar refractivity (Wildman–Crippen MR) is 84.1 cm³/mol. The molecule has 0 fully saturated rings. The Balaban J connectivity index is 2.22. The summed E-state index contributed by atoms with van der Waals surface area (Å²) >= 11 is 0. The fourth-order valence-electron chi connectivity index (χ4n) is 2.04. The minimum absolute atomic E-state index is 0.0376. The van der Waals surface area contributed by atoms with Crippen LogP contribution in [0, 0.1) is 12.7 Å². The Morgan fingerprint density at radius 1 is 1.19 bits per heavy atom. The Morgan fingerprint density at radius 2 is 1.90 bits per heavy atom. The monoisotopic (exact) mass is 288 g/mol. The van der Waals surface area contributed by atoms with Crippen LogP contribution in [0.2, 0.25) is 0 Å². The first kappa shape index (κ1) is 15.2. The van der Waals surface area contributed by atoms with Crippen LogP contribution in [0.4, 0.5) is 16.0 Å². The summed E-state index contributed by atoms with van der Waals surface area (Å²) in [5.74, 6) is 2.09. The summed E-state index contributed by atoms with van der Waals surface area (Å²) in [5.41, 5.74) is 1.54. The van der Waals surface area contributed by atoms with E-state index >= 15 is 0 Å². The SMILES string of the molecule is CCc1nc(NC)cc(NC(C)c2ccc(C)c(F)c2)n1. The Labute approximate surface area is 124 Å². The van der Waals surface area contributed by atoms with Crippen LogP contribution in [0.25, 0.3) is 0 Å². The highest BCUT2D eigenvalue weighted by atomic mass is 19.1. The summed E-state index contributed by atoms with van der Waals surface area (Å²) in [6.07, 6.45) is 0.762. The van der Waals surface area contributed by atoms with Crippen LogP contribution in [0.15, 0.2) is 24.3 Å². The molecule has 2 aromatic rings. The van der Waals surface area contributed by atoms with Crippen molar-refractivity contribution >= 4 is 11.6 Å². The zero-order valence-electron chi connectivity index (χ0n) is 12.9. The van der Waals surface area contributed by atoms with Gasteiger partial charge in [-0.3, -0.25) is 0 Å². The number of halogens is 1. The topological polar surface area (TPSA) is 49.8 Å². The average molecular weight is 288 g/mol. The number of aromatic nitrogens is 2. The van der Waals surface area contributed by atoms with Gasteiger partial charge in [0.25, 0.3) is 0 Å². The zero-order valence-corrected chi connectivity index (χ0v) is 12.9. The highest BCUT2D eigenvalue weighted by Gasteiger charge is 2.10. The van der Waals surface area contributed by atoms with Crippen molar-refractivity contribution in [2.24, 2.45) is 0 Å². The summed E-state index contributed by atoms with van der Waals surface area (Å²) in [4.78, 5) is 8.80. The van der Waals surface area contributed by atoms with E-state index in [4.69, 9.17) is 0 Å². The minimum Gasteiger partial charge on any atom is -0.373 e. The second kappa shape index (κ2) is 6.52. The molecule has 1 aromatic carbocycles. The summed E-state index contributed by atoms with van der Waals surface area (Å²) in [6, 6.07) is 7.09. The molecule has 5 heteroatoms. The summed E-state index contributed by atoms with van der Waals surface area (Å²) in [7, 11) is 1.82. The molecule has 0 saturated carbocycles. The van der Waals surface area contributed by atoms with Crippen LogP contribution in [0.5, 0.6) is 0 Å². The third-order valence-corrected chi connectivity index (χ3v) is 3.41. The van der Waals surface area contributed by atoms with Crippen LogP contribution >= 0.6 is 0 Å². The van der Waals surface area contributed by atoms with Crippen LogP contribution in [0.1, 0.15) is 36.8 Å². The van der Waals surface area contributed by atoms with E-state index in [1.807, 2.05) is 33.0 Å². The molecule has 0 aliphatic carbocycles. The van der Waals surface area contributed by atoms with Crippen LogP contribution < -0.4 is 10.6 Å². The maximum atomic E-state index is 13.7. The molecule has 2 N–H and O–H groups in total. The lowest BCUT2D eigenvalue weighted by atomic mass is 10.1. The van der Waals surface area contributed by atoms with Crippen LogP contribution in [-0.4, -0.2) is 17.0 Å². The van der Waals surface area contributed by atoms with Gasteiger partial charge < -0.3 is 10.6 Å². The van der Waals surface area contributed by atoms with Crippen molar-refractivity contribution in [3.63, 3.8) is 0 Å². The fourth-order valence-corrected chi connectivity index (χ4v) is 2.04. The molecular formula is C16H21FN4. The molecule has 1 heterocycles. The molecule has 0 amide bonds. The summed E-state index contributed by atoms with van der Waals surface area (Å²) in [6.45, 7) is 5.75. The number of aryl methyl sites for hydroxylation is 2. The van der Waals surface area contributed by atoms with Crippen molar-refractivity contribution in [2.45, 2.75) is 33.2 Å². The van der Waals surface area contributed by atoms with E-state index in [0.717, 1.165) is 29.4 Å². The van der Waals surface area contributed by atoms with Crippen molar-refractivity contribution in [1.29, 1.82) is 0 Å². The van der Waals surface area contributed by atoms with Crippen molar-refractivity contribution in [3.05, 3.63) is 47.0 Å². The van der Waals surface area contributed by atoms with Gasteiger partial charge in [0.2, 0.25) is 0 Å². The van der Waals surface area contributed by atoms with Gasteiger partial charge in [0.15, 0.2) is 0 Å². The molecule has 112 valence electrons. The molecule has 21 heavy (non-hydrogen) atoms. The third kappa shape index (κ3) is 3.68. The lowest BCUT2D eigenvalue weighted by Gasteiger charge is -2.16. The van der Waals surface area contributed by atoms with E-state index in [0.29, 0.717) is 5.56 Å². The molecule has 0 bridgehead atoms. The third-order valence-electron chi connectivity index (χ3n) is 3.41. The van der Waals surface area contributed by atoms with Gasteiger partial charge in [-0.25, -0.2) is 14.4 Å². The second-order valence-corrected chi connectivity index (χ2v) is 5.03. The van der Waals surface area contributed by atoms with Gasteiger partial charge in [-0.05, 0) is 31.0 Å². The number of benzene rings is 1. The highest BCUT2D eigenvalue weighted by molar-refractivity contribution is 5.48. The van der Waals surface area contributed by atoms with Gasteiger partial charge in [-0.2, -0.15) is 0 Å². The lowest BCUT2D eigenvalue weighted by molar-refractivity contribution is 0.614. The maximum absolute atomic E-state index is 13.7. The Kier molecular flexibility index (Phi) is 4.73. The molecule has 0 aliphatic heterocycles. The molecular weight excluding hydrogens is 267 g/mol. The van der Waals surface area contributed by atoms with Gasteiger partial charge >= 0.3 is 0 Å². The molecule has 1 atom stereocenters. The smallest absolute Gasteiger partial charge is 0.132 e. The predicted octanol–water partition coefficient (Wildman–Crippen LogP) is 3.70. The van der Waals surface area contributed by atoms with Crippen LogP contribution in [-0.2, 0) is 6.42 Å². The first-order valence-electron chi connectivity index (χ1n) is 7.11. The van der Waals surface area contributed by atoms with E-state index in [-0.39, 0.29) is 11.9 Å². The molecule has 0 saturated heterocycles. The molecule has 2 rings (SSSR count). The number of nitrogens with one attached hydrogen (secondary N) is 2. The molecule has 0 aliphatic rings. The summed E-state index contributed by atoms with van der Waals surface area (Å²) in [5, 5.41) is 6.32. The number of hydrogen-bond acceptors (Lipinski definition) is 4. The molecule has 1 aromatic heterocycles. The standard InChI is InChI=1S/C16H21FN4/c1-5-14-20-15(18-4)9-16(21-14)19-11(3)12-7-6-10(2)13(17)8-12/h6-9,11H,5H2,1-4H3,(H2,18,19,20,21). The summed E-state index contributed by atoms with van der Waals surface area (Å²) < 4.78 is 13.7. The van der Waals surface area contributed by atoms with Gasteiger partial charge in [-0.15, -0.1) is 0 Å². The van der Waals surface area contributed by atoms with Crippen molar-refractivity contribution in [1.82, 2.24) is 9.97 Å². The van der Waals surface area contributed by atoms with Gasteiger partial charge in [0.05, 0.1) is 6.04 Å². The first-order chi connectivity index (χ1) is 10.0. The van der Waals surface area contributed by atoms with Crippen molar-refractivity contribution in [3.8, 4) is 0 Å². The number of hydrogen-bond donors (Lipinski definition) is 2. The fraction of sp³-hybridized carbons (Fsp3) is 0.375. The van der Waals surface area contributed by atoms with Gasteiger partial charge in [-0.1, -0.05) is 19.1 Å². The highest BCUT2D eigenvalue weighted by Crippen LogP contribution is 2.21. The van der Waals surface area contributed by atoms with Crippen molar-refractivity contribution in [2.75, 3.05) is 17.7 Å². The van der Waals surface area contributed by atoms with E-state index in [1.54, 1.807) is 19.1 Å². The largest absolute Gasteiger partial charge is 0.373 e. The van der Waals surface area contributed by atoms with Gasteiger partial charge in [0.1, 0.15) is 23.3 Å². The van der Waals surface area contributed by atoms with E-state index in [1.165, 1.54) is 0 Å². The molecule has 0 spiro atoms. The first-order valence-corrected chi connectivity index (χ1v) is 7.11. The Morgan fingerprint density at radius 3 is 2.52 bits per heavy atom. The number of rotatable bonds is 5. The molecule has 1 unspecified atom stereocenters. The lowest BCUT2D eigenvalue weighted by Crippen LogP contribution is -2.10.